The van der Waals surface area contributed by atoms with Crippen molar-refractivity contribution in [3.63, 3.8) is 0 Å². The molecule has 132 valence electrons. The van der Waals surface area contributed by atoms with E-state index >= 15 is 0 Å². The maximum absolute atomic E-state index is 11.9. The highest BCUT2D eigenvalue weighted by Gasteiger charge is 2.13. The number of hydrogen-bond donors (Lipinski definition) is 2. The number of amides is 2. The highest BCUT2D eigenvalue weighted by atomic mass is 16.5. The predicted molar refractivity (Wildman–Crippen MR) is 99.0 cm³/mol. The Bertz CT molecular complexity index is 785. The number of ether oxygens (including phenoxy) is 1. The maximum atomic E-state index is 11.9. The molecule has 0 bridgehead atoms. The van der Waals surface area contributed by atoms with Crippen LogP contribution in [-0.2, 0) is 9.59 Å². The summed E-state index contributed by atoms with van der Waals surface area (Å²) in [4.78, 5) is 23.7. The lowest BCUT2D eigenvalue weighted by Crippen LogP contribution is -2.37. The molecular weight excluding hydrogens is 316 g/mol. The summed E-state index contributed by atoms with van der Waals surface area (Å²) >= 11 is 0. The molecule has 5 nitrogen and oxygen atoms in total. The average molecular weight is 340 g/mol. The summed E-state index contributed by atoms with van der Waals surface area (Å²) in [6.07, 6.45) is 0. The van der Waals surface area contributed by atoms with Gasteiger partial charge in [0.25, 0.3) is 0 Å². The molecule has 2 aromatic rings. The second-order valence-corrected chi connectivity index (χ2v) is 6.10. The molecule has 0 spiro atoms. The minimum Gasteiger partial charge on any atom is -0.492 e. The van der Waals surface area contributed by atoms with Gasteiger partial charge in [-0.3, -0.25) is 9.59 Å². The number of nitrogens with one attached hydrogen (secondary N) is 2. The first-order valence-electron chi connectivity index (χ1n) is 8.23. The van der Waals surface area contributed by atoms with Gasteiger partial charge < -0.3 is 15.4 Å². The molecule has 2 aromatic carbocycles. The molecule has 0 aromatic heterocycles. The van der Waals surface area contributed by atoms with Crippen LogP contribution in [0.1, 0.15) is 22.3 Å². The number of anilines is 1. The molecule has 2 rings (SSSR count). The summed E-state index contributed by atoms with van der Waals surface area (Å²) in [5.74, 6) is -0.617. The van der Waals surface area contributed by atoms with E-state index < -0.39 is 11.8 Å². The van der Waals surface area contributed by atoms with Crippen LogP contribution in [0.3, 0.4) is 0 Å². The second-order valence-electron chi connectivity index (χ2n) is 6.10. The summed E-state index contributed by atoms with van der Waals surface area (Å²) in [6, 6.07) is 11.3. The van der Waals surface area contributed by atoms with Gasteiger partial charge in [0.1, 0.15) is 12.4 Å². The van der Waals surface area contributed by atoms with Crippen molar-refractivity contribution < 1.29 is 14.3 Å². The molecule has 0 saturated heterocycles. The molecule has 0 unspecified atom stereocenters. The fourth-order valence-corrected chi connectivity index (χ4v) is 2.22. The predicted octanol–water partition coefficient (Wildman–Crippen LogP) is 3.05. The fourth-order valence-electron chi connectivity index (χ4n) is 2.22. The van der Waals surface area contributed by atoms with Gasteiger partial charge in [0, 0.05) is 5.69 Å². The van der Waals surface area contributed by atoms with Crippen molar-refractivity contribution in [2.45, 2.75) is 27.7 Å². The minimum atomic E-state index is -0.686. The Morgan fingerprint density at radius 1 is 0.840 bits per heavy atom. The van der Waals surface area contributed by atoms with Crippen LogP contribution >= 0.6 is 0 Å². The largest absolute Gasteiger partial charge is 0.492 e. The van der Waals surface area contributed by atoms with Crippen molar-refractivity contribution in [3.8, 4) is 5.75 Å². The molecule has 25 heavy (non-hydrogen) atoms. The van der Waals surface area contributed by atoms with E-state index in [1.54, 1.807) is 6.07 Å². The fraction of sp³-hybridized carbons (Fsp3) is 0.300. The SMILES string of the molecule is Cc1ccc(NC(=O)C(=O)NCCOc2ccc(C)c(C)c2)cc1C. The second kappa shape index (κ2) is 8.33. The number of benzene rings is 2. The van der Waals surface area contributed by atoms with Crippen LogP contribution in [0.2, 0.25) is 0 Å². The van der Waals surface area contributed by atoms with Crippen molar-refractivity contribution in [1.82, 2.24) is 5.32 Å². The van der Waals surface area contributed by atoms with Gasteiger partial charge in [-0.2, -0.15) is 0 Å². The van der Waals surface area contributed by atoms with Gasteiger partial charge in [0.15, 0.2) is 0 Å². The van der Waals surface area contributed by atoms with Crippen LogP contribution in [0.15, 0.2) is 36.4 Å². The molecule has 0 atom stereocenters. The van der Waals surface area contributed by atoms with Crippen molar-refractivity contribution in [1.29, 1.82) is 0 Å². The Morgan fingerprint density at radius 3 is 2.12 bits per heavy atom. The zero-order valence-electron chi connectivity index (χ0n) is 15.1. The third-order valence-electron chi connectivity index (χ3n) is 4.11. The molecule has 2 amide bonds. The topological polar surface area (TPSA) is 67.4 Å². The molecular formula is C20H24N2O3. The summed E-state index contributed by atoms with van der Waals surface area (Å²) in [5, 5.41) is 5.14. The standard InChI is InChI=1S/C20H24N2O3/c1-13-5-7-17(11-15(13)3)22-20(24)19(23)21-9-10-25-18-8-6-14(2)16(4)12-18/h5-8,11-12H,9-10H2,1-4H3,(H,21,23)(H,22,24). The minimum absolute atomic E-state index is 0.256. The Hall–Kier alpha value is -2.82. The zero-order chi connectivity index (χ0) is 18.4. The Morgan fingerprint density at radius 2 is 1.48 bits per heavy atom. The van der Waals surface area contributed by atoms with E-state index in [1.807, 2.05) is 58.0 Å². The lowest BCUT2D eigenvalue weighted by molar-refractivity contribution is -0.136. The lowest BCUT2D eigenvalue weighted by Gasteiger charge is -2.10. The number of hydrogen-bond acceptors (Lipinski definition) is 3. The van der Waals surface area contributed by atoms with Crippen LogP contribution in [0.25, 0.3) is 0 Å². The van der Waals surface area contributed by atoms with E-state index in [0.717, 1.165) is 22.4 Å². The first-order valence-corrected chi connectivity index (χ1v) is 8.23. The van der Waals surface area contributed by atoms with Gasteiger partial charge in [-0.05, 0) is 74.2 Å². The number of carbonyl (C=O) groups excluding carboxylic acids is 2. The number of aryl methyl sites for hydroxylation is 4. The van der Waals surface area contributed by atoms with Crippen LogP contribution < -0.4 is 15.4 Å². The van der Waals surface area contributed by atoms with Crippen molar-refractivity contribution in [2.24, 2.45) is 0 Å². The molecule has 0 heterocycles. The number of rotatable bonds is 5. The first kappa shape index (κ1) is 18.5. The highest BCUT2D eigenvalue weighted by molar-refractivity contribution is 6.39. The molecule has 0 aliphatic heterocycles. The summed E-state index contributed by atoms with van der Waals surface area (Å²) in [7, 11) is 0. The molecule has 0 aliphatic rings. The highest BCUT2D eigenvalue weighted by Crippen LogP contribution is 2.16. The first-order chi connectivity index (χ1) is 11.9. The van der Waals surface area contributed by atoms with E-state index in [0.29, 0.717) is 12.3 Å². The van der Waals surface area contributed by atoms with Crippen molar-refractivity contribution >= 4 is 17.5 Å². The molecule has 0 fully saturated rings. The quantitative estimate of drug-likeness (QED) is 0.649. The smallest absolute Gasteiger partial charge is 0.313 e. The van der Waals surface area contributed by atoms with E-state index in [-0.39, 0.29) is 6.54 Å². The van der Waals surface area contributed by atoms with Crippen LogP contribution in [0.5, 0.6) is 5.75 Å². The monoisotopic (exact) mass is 340 g/mol. The molecule has 0 aliphatic carbocycles. The zero-order valence-corrected chi connectivity index (χ0v) is 15.1. The van der Waals surface area contributed by atoms with Gasteiger partial charge in [-0.25, -0.2) is 0 Å². The Labute approximate surface area is 148 Å². The molecule has 0 saturated carbocycles. The molecule has 2 N–H and O–H groups in total. The van der Waals surface area contributed by atoms with Gasteiger partial charge in [0.05, 0.1) is 6.54 Å². The van der Waals surface area contributed by atoms with Crippen LogP contribution in [0, 0.1) is 27.7 Å². The summed E-state index contributed by atoms with van der Waals surface area (Å²) in [5.41, 5.74) is 5.14. The van der Waals surface area contributed by atoms with Crippen molar-refractivity contribution in [3.05, 3.63) is 58.7 Å². The van der Waals surface area contributed by atoms with Crippen LogP contribution in [-0.4, -0.2) is 25.0 Å². The summed E-state index contributed by atoms with van der Waals surface area (Å²) in [6.45, 7) is 8.55. The van der Waals surface area contributed by atoms with Crippen molar-refractivity contribution in [2.75, 3.05) is 18.5 Å². The van der Waals surface area contributed by atoms with Crippen LogP contribution in [0.4, 0.5) is 5.69 Å². The van der Waals surface area contributed by atoms with E-state index in [1.165, 1.54) is 5.56 Å². The average Bonchev–Trinajstić information content (AvgIpc) is 2.58. The van der Waals surface area contributed by atoms with Gasteiger partial charge in [-0.15, -0.1) is 0 Å². The normalized spacial score (nSPS) is 10.2. The third kappa shape index (κ3) is 5.35. The van der Waals surface area contributed by atoms with E-state index in [2.05, 4.69) is 10.6 Å². The maximum Gasteiger partial charge on any atom is 0.313 e. The summed E-state index contributed by atoms with van der Waals surface area (Å²) < 4.78 is 5.57. The number of carbonyl (C=O) groups is 2. The van der Waals surface area contributed by atoms with E-state index in [4.69, 9.17) is 4.74 Å². The third-order valence-corrected chi connectivity index (χ3v) is 4.11. The van der Waals surface area contributed by atoms with Gasteiger partial charge in [0.2, 0.25) is 0 Å². The Kier molecular flexibility index (Phi) is 6.17. The molecule has 0 radical (unpaired) electrons. The van der Waals surface area contributed by atoms with E-state index in [9.17, 15) is 9.59 Å². The lowest BCUT2D eigenvalue weighted by atomic mass is 10.1. The van der Waals surface area contributed by atoms with Gasteiger partial charge in [-0.1, -0.05) is 12.1 Å². The van der Waals surface area contributed by atoms with Gasteiger partial charge >= 0.3 is 11.8 Å². The Balaban J connectivity index is 1.76. The molecule has 5 heteroatoms.